The highest BCUT2D eigenvalue weighted by Gasteiger charge is 2.14. The molecule has 25 heavy (non-hydrogen) atoms. The standard InChI is InChI=1S/C16H12F2N4O2S/c17-15(18)24-12-7-6-10(8-11(12)19)13(23)20-16-22-21-14(25-16)9-4-2-1-3-5-9/h1-8,15H,19H2,(H,20,22,23). The zero-order chi connectivity index (χ0) is 17.8. The summed E-state index contributed by atoms with van der Waals surface area (Å²) in [6.45, 7) is -2.99. The molecule has 0 fully saturated rings. The first kappa shape index (κ1) is 16.8. The van der Waals surface area contributed by atoms with Gasteiger partial charge in [0.25, 0.3) is 5.91 Å². The van der Waals surface area contributed by atoms with Crippen LogP contribution in [0.3, 0.4) is 0 Å². The number of aromatic nitrogens is 2. The molecule has 1 aromatic heterocycles. The molecule has 0 unspecified atom stereocenters. The normalized spacial score (nSPS) is 10.7. The van der Waals surface area contributed by atoms with Gasteiger partial charge in [0.05, 0.1) is 5.69 Å². The summed E-state index contributed by atoms with van der Waals surface area (Å²) in [5, 5.41) is 11.5. The van der Waals surface area contributed by atoms with Crippen molar-refractivity contribution >= 4 is 28.1 Å². The average molecular weight is 362 g/mol. The number of ether oxygens (including phenoxy) is 1. The van der Waals surface area contributed by atoms with Crippen LogP contribution in [-0.2, 0) is 0 Å². The van der Waals surface area contributed by atoms with E-state index in [1.807, 2.05) is 30.3 Å². The lowest BCUT2D eigenvalue weighted by Gasteiger charge is -2.09. The largest absolute Gasteiger partial charge is 0.433 e. The highest BCUT2D eigenvalue weighted by atomic mass is 32.1. The number of nitrogens with zero attached hydrogens (tertiary/aromatic N) is 2. The minimum absolute atomic E-state index is 0.0600. The van der Waals surface area contributed by atoms with Gasteiger partial charge in [-0.3, -0.25) is 10.1 Å². The molecule has 0 spiro atoms. The first-order chi connectivity index (χ1) is 12.0. The minimum Gasteiger partial charge on any atom is -0.433 e. The lowest BCUT2D eigenvalue weighted by Crippen LogP contribution is -2.12. The minimum atomic E-state index is -2.99. The third-order valence-electron chi connectivity index (χ3n) is 3.15. The molecule has 3 rings (SSSR count). The van der Waals surface area contributed by atoms with E-state index in [-0.39, 0.29) is 17.0 Å². The Morgan fingerprint density at radius 1 is 1.16 bits per heavy atom. The Labute approximate surface area is 145 Å². The molecule has 0 saturated heterocycles. The van der Waals surface area contributed by atoms with Gasteiger partial charge in [-0.15, -0.1) is 10.2 Å². The number of nitrogens with two attached hydrogens (primary N) is 1. The van der Waals surface area contributed by atoms with Gasteiger partial charge in [0.2, 0.25) is 5.13 Å². The number of carbonyl (C=O) groups is 1. The van der Waals surface area contributed by atoms with Crippen LogP contribution >= 0.6 is 11.3 Å². The summed E-state index contributed by atoms with van der Waals surface area (Å²) in [6.07, 6.45) is 0. The van der Waals surface area contributed by atoms with Crippen molar-refractivity contribution in [3.8, 4) is 16.3 Å². The molecule has 3 N–H and O–H groups in total. The van der Waals surface area contributed by atoms with Gasteiger partial charge in [-0.25, -0.2) is 0 Å². The third kappa shape index (κ3) is 4.07. The van der Waals surface area contributed by atoms with Crippen LogP contribution in [0.5, 0.6) is 5.75 Å². The lowest BCUT2D eigenvalue weighted by atomic mass is 10.2. The van der Waals surface area contributed by atoms with Crippen molar-refractivity contribution < 1.29 is 18.3 Å². The van der Waals surface area contributed by atoms with Crippen molar-refractivity contribution in [2.75, 3.05) is 11.1 Å². The number of hydrogen-bond acceptors (Lipinski definition) is 6. The van der Waals surface area contributed by atoms with E-state index in [1.165, 1.54) is 29.5 Å². The fourth-order valence-electron chi connectivity index (χ4n) is 2.03. The van der Waals surface area contributed by atoms with Crippen LogP contribution in [0.15, 0.2) is 48.5 Å². The molecule has 0 atom stereocenters. The predicted octanol–water partition coefficient (Wildman–Crippen LogP) is 3.64. The summed E-state index contributed by atoms with van der Waals surface area (Å²) >= 11 is 1.22. The Kier molecular flexibility index (Phi) is 4.85. The van der Waals surface area contributed by atoms with Gasteiger partial charge >= 0.3 is 6.61 Å². The van der Waals surface area contributed by atoms with Gasteiger partial charge in [-0.1, -0.05) is 41.7 Å². The SMILES string of the molecule is Nc1cc(C(=O)Nc2nnc(-c3ccccc3)s2)ccc1OC(F)F. The second-order valence-electron chi connectivity index (χ2n) is 4.86. The molecule has 9 heteroatoms. The number of hydrogen-bond donors (Lipinski definition) is 2. The second-order valence-corrected chi connectivity index (χ2v) is 5.84. The molecule has 1 amide bonds. The van der Waals surface area contributed by atoms with Gasteiger partial charge in [-0.2, -0.15) is 8.78 Å². The molecule has 0 bridgehead atoms. The summed E-state index contributed by atoms with van der Waals surface area (Å²) in [5.41, 5.74) is 6.63. The average Bonchev–Trinajstić information content (AvgIpc) is 3.05. The second kappa shape index (κ2) is 7.22. The predicted molar refractivity (Wildman–Crippen MR) is 90.8 cm³/mol. The monoisotopic (exact) mass is 362 g/mol. The molecular weight excluding hydrogens is 350 g/mol. The van der Waals surface area contributed by atoms with Gasteiger partial charge in [0, 0.05) is 11.1 Å². The van der Waals surface area contributed by atoms with Gasteiger partial charge in [-0.05, 0) is 18.2 Å². The first-order valence-electron chi connectivity index (χ1n) is 7.07. The summed E-state index contributed by atoms with van der Waals surface area (Å²) in [6, 6.07) is 13.2. The summed E-state index contributed by atoms with van der Waals surface area (Å²) in [5.74, 6) is -0.667. The highest BCUT2D eigenvalue weighted by molar-refractivity contribution is 7.18. The number of anilines is 2. The van der Waals surface area contributed by atoms with Crippen LogP contribution in [0.2, 0.25) is 0 Å². The molecule has 6 nitrogen and oxygen atoms in total. The van der Waals surface area contributed by atoms with Crippen molar-refractivity contribution in [1.29, 1.82) is 0 Å². The van der Waals surface area contributed by atoms with E-state index >= 15 is 0 Å². The maximum atomic E-state index is 12.2. The molecule has 0 saturated carbocycles. The zero-order valence-corrected chi connectivity index (χ0v) is 13.5. The maximum Gasteiger partial charge on any atom is 0.387 e. The van der Waals surface area contributed by atoms with Crippen molar-refractivity contribution in [3.05, 3.63) is 54.1 Å². The van der Waals surface area contributed by atoms with Crippen LogP contribution in [0.4, 0.5) is 19.6 Å². The van der Waals surface area contributed by atoms with Crippen LogP contribution in [0.25, 0.3) is 10.6 Å². The van der Waals surface area contributed by atoms with Crippen molar-refractivity contribution in [2.45, 2.75) is 6.61 Å². The van der Waals surface area contributed by atoms with Crippen molar-refractivity contribution in [3.63, 3.8) is 0 Å². The number of halogens is 2. The number of nitrogen functional groups attached to an aromatic ring is 1. The first-order valence-corrected chi connectivity index (χ1v) is 7.89. The Bertz CT molecular complexity index is 887. The molecular formula is C16H12F2N4O2S. The Hall–Kier alpha value is -3.07. The summed E-state index contributed by atoms with van der Waals surface area (Å²) in [4.78, 5) is 12.2. The van der Waals surface area contributed by atoms with Crippen LogP contribution in [-0.4, -0.2) is 22.7 Å². The Morgan fingerprint density at radius 3 is 2.60 bits per heavy atom. The molecule has 0 aliphatic heterocycles. The number of benzene rings is 2. The van der Waals surface area contributed by atoms with Gasteiger partial charge < -0.3 is 10.5 Å². The number of alkyl halides is 2. The van der Waals surface area contributed by atoms with Gasteiger partial charge in [0.1, 0.15) is 10.8 Å². The smallest absolute Gasteiger partial charge is 0.387 e. The van der Waals surface area contributed by atoms with E-state index < -0.39 is 12.5 Å². The van der Waals surface area contributed by atoms with E-state index in [4.69, 9.17) is 5.73 Å². The van der Waals surface area contributed by atoms with Crippen molar-refractivity contribution in [1.82, 2.24) is 10.2 Å². The zero-order valence-electron chi connectivity index (χ0n) is 12.6. The highest BCUT2D eigenvalue weighted by Crippen LogP contribution is 2.27. The quantitative estimate of drug-likeness (QED) is 0.676. The van der Waals surface area contributed by atoms with E-state index in [9.17, 15) is 13.6 Å². The summed E-state index contributed by atoms with van der Waals surface area (Å²) in [7, 11) is 0. The third-order valence-corrected chi connectivity index (χ3v) is 4.04. The maximum absolute atomic E-state index is 12.2. The van der Waals surface area contributed by atoms with Crippen LogP contribution in [0, 0.1) is 0 Å². The Morgan fingerprint density at radius 2 is 1.92 bits per heavy atom. The molecule has 3 aromatic rings. The summed E-state index contributed by atoms with van der Waals surface area (Å²) < 4.78 is 28.7. The molecule has 1 heterocycles. The molecule has 2 aromatic carbocycles. The van der Waals surface area contributed by atoms with E-state index in [0.717, 1.165) is 5.56 Å². The number of nitrogens with one attached hydrogen (secondary N) is 1. The van der Waals surface area contributed by atoms with E-state index in [1.54, 1.807) is 0 Å². The van der Waals surface area contributed by atoms with Crippen LogP contribution in [0.1, 0.15) is 10.4 Å². The molecule has 0 aliphatic carbocycles. The fraction of sp³-hybridized carbons (Fsp3) is 0.0625. The van der Waals surface area contributed by atoms with Crippen LogP contribution < -0.4 is 15.8 Å². The fourth-order valence-corrected chi connectivity index (χ4v) is 2.78. The number of amides is 1. The van der Waals surface area contributed by atoms with Gasteiger partial charge in [0.15, 0.2) is 0 Å². The molecule has 0 aliphatic rings. The number of rotatable bonds is 5. The molecule has 128 valence electrons. The molecule has 0 radical (unpaired) electrons. The van der Waals surface area contributed by atoms with Crippen molar-refractivity contribution in [2.24, 2.45) is 0 Å². The lowest BCUT2D eigenvalue weighted by molar-refractivity contribution is -0.0493. The van der Waals surface area contributed by atoms with E-state index in [0.29, 0.717) is 10.1 Å². The Balaban J connectivity index is 1.72. The number of carbonyl (C=O) groups excluding carboxylic acids is 1. The van der Waals surface area contributed by atoms with E-state index in [2.05, 4.69) is 20.3 Å². The topological polar surface area (TPSA) is 90.1 Å².